The molecule has 0 saturated carbocycles. The monoisotopic (exact) mass is 641 g/mol. The van der Waals surface area contributed by atoms with E-state index in [0.717, 1.165) is 5.57 Å². The number of pyridine rings is 1. The van der Waals surface area contributed by atoms with Gasteiger partial charge in [-0.2, -0.15) is 0 Å². The van der Waals surface area contributed by atoms with Crippen molar-refractivity contribution < 1.29 is 54.3 Å². The molecule has 2 heterocycles. The Bertz CT molecular complexity index is 1240. The average molecular weight is 642 g/mol. The van der Waals surface area contributed by atoms with Crippen molar-refractivity contribution in [2.24, 2.45) is 5.92 Å². The minimum atomic E-state index is -1.60. The maximum atomic E-state index is 12.6. The Balaban J connectivity index is 2.22. The largest absolute Gasteiger partial charge is 0.488 e. The number of ether oxygens (including phenoxy) is 5. The first kappa shape index (κ1) is 38.6. The van der Waals surface area contributed by atoms with Gasteiger partial charge in [-0.05, 0) is 45.3 Å². The molecule has 256 valence electrons. The quantitative estimate of drug-likeness (QED) is 0.125. The number of methoxy groups -OCH3 is 3. The van der Waals surface area contributed by atoms with Crippen molar-refractivity contribution in [3.8, 4) is 11.6 Å². The molecule has 1 fully saturated rings. The summed E-state index contributed by atoms with van der Waals surface area (Å²) >= 11 is 0. The molecule has 0 aliphatic carbocycles. The number of aliphatic hydroxyl groups is 6. The second-order valence-corrected chi connectivity index (χ2v) is 11.5. The molecule has 0 bridgehead atoms. The molecule has 0 spiro atoms. The van der Waals surface area contributed by atoms with Crippen LogP contribution in [0.15, 0.2) is 39.7 Å². The molecule has 1 aliphatic rings. The number of aromatic amines is 1. The third-order valence-electron chi connectivity index (χ3n) is 8.11. The lowest BCUT2D eigenvalue weighted by molar-refractivity contribution is -0.310. The Kier molecular flexibility index (Phi) is 15.4. The van der Waals surface area contributed by atoms with Crippen molar-refractivity contribution in [2.75, 3.05) is 34.5 Å². The van der Waals surface area contributed by atoms with Crippen LogP contribution >= 0.6 is 0 Å². The Morgan fingerprint density at radius 3 is 2.20 bits per heavy atom. The maximum absolute atomic E-state index is 12.6. The van der Waals surface area contributed by atoms with E-state index in [1.165, 1.54) is 21.3 Å². The SMILES string of the molecule is COc1[nH]c(CC=C(C)CC(O)C(OC)C(C)=CC(C)C(OC2OC(CO)C(O)C(O)C2O)C(C)=CCO)c(C)c(=O)c1OC. The van der Waals surface area contributed by atoms with Crippen LogP contribution in [0.2, 0.25) is 0 Å². The highest BCUT2D eigenvalue weighted by Crippen LogP contribution is 2.29. The zero-order valence-corrected chi connectivity index (χ0v) is 27.4. The van der Waals surface area contributed by atoms with E-state index in [-0.39, 0.29) is 30.1 Å². The first-order chi connectivity index (χ1) is 21.2. The molecule has 1 saturated heterocycles. The molecule has 13 heteroatoms. The molecular formula is C32H51NO12. The Morgan fingerprint density at radius 2 is 1.64 bits per heavy atom. The molecule has 0 amide bonds. The minimum absolute atomic E-state index is 0.108. The zero-order chi connectivity index (χ0) is 34.0. The first-order valence-corrected chi connectivity index (χ1v) is 14.9. The van der Waals surface area contributed by atoms with Crippen molar-refractivity contribution in [1.82, 2.24) is 4.98 Å². The van der Waals surface area contributed by atoms with Crippen molar-refractivity contribution in [3.05, 3.63) is 56.4 Å². The fourth-order valence-corrected chi connectivity index (χ4v) is 5.50. The Morgan fingerprint density at radius 1 is 0.978 bits per heavy atom. The van der Waals surface area contributed by atoms with Gasteiger partial charge in [-0.25, -0.2) is 0 Å². The molecule has 9 atom stereocenters. The summed E-state index contributed by atoms with van der Waals surface area (Å²) < 4.78 is 27.7. The van der Waals surface area contributed by atoms with Crippen LogP contribution in [-0.2, 0) is 20.6 Å². The predicted molar refractivity (Wildman–Crippen MR) is 166 cm³/mol. The van der Waals surface area contributed by atoms with Gasteiger partial charge in [-0.15, -0.1) is 0 Å². The van der Waals surface area contributed by atoms with E-state index in [4.69, 9.17) is 23.7 Å². The molecule has 45 heavy (non-hydrogen) atoms. The summed E-state index contributed by atoms with van der Waals surface area (Å²) in [4.78, 5) is 15.7. The summed E-state index contributed by atoms with van der Waals surface area (Å²) in [7, 11) is 4.34. The maximum Gasteiger partial charge on any atom is 0.238 e. The summed E-state index contributed by atoms with van der Waals surface area (Å²) in [6.07, 6.45) is -3.60. The van der Waals surface area contributed by atoms with Crippen molar-refractivity contribution in [3.63, 3.8) is 0 Å². The first-order valence-electron chi connectivity index (χ1n) is 14.9. The Labute approximate surface area is 264 Å². The molecule has 1 aromatic heterocycles. The van der Waals surface area contributed by atoms with E-state index in [0.29, 0.717) is 28.8 Å². The number of aliphatic hydroxyl groups excluding tert-OH is 6. The van der Waals surface area contributed by atoms with Crippen LogP contribution < -0.4 is 14.9 Å². The summed E-state index contributed by atoms with van der Waals surface area (Å²) in [6, 6.07) is 0. The molecule has 9 unspecified atom stereocenters. The van der Waals surface area contributed by atoms with E-state index < -0.39 is 61.5 Å². The van der Waals surface area contributed by atoms with Gasteiger partial charge in [0.15, 0.2) is 6.29 Å². The smallest absolute Gasteiger partial charge is 0.238 e. The van der Waals surface area contributed by atoms with E-state index in [1.807, 2.05) is 26.0 Å². The Hall–Kier alpha value is -2.59. The zero-order valence-electron chi connectivity index (χ0n) is 27.4. The van der Waals surface area contributed by atoms with Crippen LogP contribution in [0.4, 0.5) is 0 Å². The molecule has 13 nitrogen and oxygen atoms in total. The highest BCUT2D eigenvalue weighted by Gasteiger charge is 2.45. The second kappa shape index (κ2) is 17.9. The van der Waals surface area contributed by atoms with Crippen LogP contribution in [0.5, 0.6) is 11.6 Å². The van der Waals surface area contributed by atoms with E-state index in [9.17, 15) is 35.4 Å². The fraction of sp³-hybridized carbons (Fsp3) is 0.656. The van der Waals surface area contributed by atoms with Gasteiger partial charge in [0.05, 0.1) is 39.6 Å². The lowest BCUT2D eigenvalue weighted by Gasteiger charge is -2.41. The van der Waals surface area contributed by atoms with E-state index in [2.05, 4.69) is 4.98 Å². The van der Waals surface area contributed by atoms with Gasteiger partial charge < -0.3 is 59.3 Å². The molecule has 1 aromatic rings. The number of H-pyrrole nitrogens is 1. The molecular weight excluding hydrogens is 590 g/mol. The van der Waals surface area contributed by atoms with Gasteiger partial charge in [-0.1, -0.05) is 30.7 Å². The fourth-order valence-electron chi connectivity index (χ4n) is 5.50. The number of rotatable bonds is 16. The van der Waals surface area contributed by atoms with Gasteiger partial charge in [0.25, 0.3) is 0 Å². The standard InChI is InChI=1S/C32H51NO12/c1-16(9-10-21-20(5)24(37)30(42-7)31(33-21)43-8)13-22(36)29(41-6)19(4)14-18(3)28(17(2)11-12-34)45-32-27(40)26(39)25(38)23(15-35)44-32/h9,11,14,18,22-23,25-29,32,34-36,38-40H,10,12-13,15H2,1-8H3,(H,33,37). The van der Waals surface area contributed by atoms with Crippen LogP contribution in [0.1, 0.15) is 45.4 Å². The number of aromatic nitrogens is 1. The van der Waals surface area contributed by atoms with Crippen LogP contribution in [-0.4, -0.2) is 119 Å². The highest BCUT2D eigenvalue weighted by molar-refractivity contribution is 5.40. The predicted octanol–water partition coefficient (Wildman–Crippen LogP) is 0.661. The summed E-state index contributed by atoms with van der Waals surface area (Å²) in [5.41, 5.74) is 3.09. The van der Waals surface area contributed by atoms with Crippen LogP contribution in [0.3, 0.4) is 0 Å². The van der Waals surface area contributed by atoms with Crippen LogP contribution in [0, 0.1) is 12.8 Å². The van der Waals surface area contributed by atoms with E-state index >= 15 is 0 Å². The van der Waals surface area contributed by atoms with Gasteiger partial charge >= 0.3 is 0 Å². The molecule has 7 N–H and O–H groups in total. The number of hydrogen-bond acceptors (Lipinski definition) is 12. The van der Waals surface area contributed by atoms with Gasteiger partial charge in [0.1, 0.15) is 30.5 Å². The van der Waals surface area contributed by atoms with Gasteiger partial charge in [0.2, 0.25) is 17.1 Å². The number of hydrogen-bond donors (Lipinski definition) is 7. The van der Waals surface area contributed by atoms with Crippen LogP contribution in [0.25, 0.3) is 0 Å². The summed E-state index contributed by atoms with van der Waals surface area (Å²) in [5, 5.41) is 61.0. The average Bonchev–Trinajstić information content (AvgIpc) is 3.00. The summed E-state index contributed by atoms with van der Waals surface area (Å²) in [6.45, 7) is 8.09. The second-order valence-electron chi connectivity index (χ2n) is 11.5. The normalized spacial score (nSPS) is 25.9. The lowest BCUT2D eigenvalue weighted by Crippen LogP contribution is -2.60. The topological polar surface area (TPSA) is 200 Å². The van der Waals surface area contributed by atoms with Crippen molar-refractivity contribution in [1.29, 1.82) is 0 Å². The molecule has 2 rings (SSSR count). The van der Waals surface area contributed by atoms with Gasteiger partial charge in [0, 0.05) is 30.7 Å². The number of nitrogens with one attached hydrogen (secondary N) is 1. The summed E-state index contributed by atoms with van der Waals surface area (Å²) in [5.74, 6) is -0.0508. The highest BCUT2D eigenvalue weighted by atomic mass is 16.7. The third kappa shape index (κ3) is 9.70. The molecule has 0 aromatic carbocycles. The molecule has 1 aliphatic heterocycles. The van der Waals surface area contributed by atoms with Crippen molar-refractivity contribution >= 4 is 0 Å². The molecule has 0 radical (unpaired) electrons. The number of allylic oxidation sites excluding steroid dienone is 1. The minimum Gasteiger partial charge on any atom is -0.488 e. The third-order valence-corrected chi connectivity index (χ3v) is 8.11. The van der Waals surface area contributed by atoms with E-state index in [1.54, 1.807) is 26.8 Å². The van der Waals surface area contributed by atoms with Gasteiger partial charge in [-0.3, -0.25) is 4.79 Å². The van der Waals surface area contributed by atoms with Crippen molar-refractivity contribution in [2.45, 2.75) is 96.5 Å². The lowest BCUT2D eigenvalue weighted by atomic mass is 9.91.